The van der Waals surface area contributed by atoms with E-state index < -0.39 is 5.97 Å². The molecule has 14 heavy (non-hydrogen) atoms. The van der Waals surface area contributed by atoms with Crippen LogP contribution in [0.5, 0.6) is 5.88 Å². The van der Waals surface area contributed by atoms with Gasteiger partial charge in [-0.1, -0.05) is 11.6 Å². The van der Waals surface area contributed by atoms with Gasteiger partial charge in [-0.2, -0.15) is 4.98 Å². The molecule has 1 rings (SSSR count). The van der Waals surface area contributed by atoms with Crippen LogP contribution >= 0.6 is 11.6 Å². The monoisotopic (exact) mass is 216 g/mol. The van der Waals surface area contributed by atoms with Crippen LogP contribution in [0.25, 0.3) is 0 Å². The lowest BCUT2D eigenvalue weighted by Gasteiger charge is -2.07. The van der Waals surface area contributed by atoms with Crippen molar-refractivity contribution in [1.82, 2.24) is 4.98 Å². The molecular formula is C8H9ClN2O3. The summed E-state index contributed by atoms with van der Waals surface area (Å²) in [7, 11) is 2.98. The average molecular weight is 217 g/mol. The summed E-state index contributed by atoms with van der Waals surface area (Å²) in [5.41, 5.74) is -0.0588. The van der Waals surface area contributed by atoms with Gasteiger partial charge in [-0.05, 0) is 6.07 Å². The molecule has 0 unspecified atom stereocenters. The number of aromatic carboxylic acids is 1. The van der Waals surface area contributed by atoms with Crippen LogP contribution in [-0.4, -0.2) is 30.2 Å². The zero-order valence-electron chi connectivity index (χ0n) is 7.67. The maximum atomic E-state index is 10.7. The quantitative estimate of drug-likeness (QED) is 0.801. The Morgan fingerprint density at radius 2 is 2.36 bits per heavy atom. The van der Waals surface area contributed by atoms with Crippen molar-refractivity contribution < 1.29 is 14.6 Å². The van der Waals surface area contributed by atoms with E-state index in [1.54, 1.807) is 7.05 Å². The summed E-state index contributed by atoms with van der Waals surface area (Å²) in [6, 6.07) is 1.29. The molecule has 0 radical (unpaired) electrons. The van der Waals surface area contributed by atoms with Crippen molar-refractivity contribution in [2.24, 2.45) is 0 Å². The maximum Gasteiger partial charge on any atom is 0.341 e. The summed E-state index contributed by atoms with van der Waals surface area (Å²) < 4.78 is 4.81. The molecule has 1 heterocycles. The third kappa shape index (κ3) is 1.88. The molecule has 0 spiro atoms. The van der Waals surface area contributed by atoms with Crippen LogP contribution in [0.15, 0.2) is 6.07 Å². The molecule has 0 aliphatic heterocycles. The number of methoxy groups -OCH3 is 1. The first-order valence-electron chi connectivity index (χ1n) is 3.75. The fraction of sp³-hybridized carbons (Fsp3) is 0.250. The van der Waals surface area contributed by atoms with Crippen LogP contribution in [0, 0.1) is 0 Å². The summed E-state index contributed by atoms with van der Waals surface area (Å²) in [6.07, 6.45) is 0. The van der Waals surface area contributed by atoms with Crippen molar-refractivity contribution in [3.05, 3.63) is 16.7 Å². The zero-order chi connectivity index (χ0) is 10.7. The van der Waals surface area contributed by atoms with E-state index in [9.17, 15) is 4.79 Å². The molecule has 0 saturated carbocycles. The SMILES string of the molecule is CNc1nc(OC)c(C(=O)O)cc1Cl. The van der Waals surface area contributed by atoms with Gasteiger partial charge in [0.15, 0.2) is 0 Å². The first kappa shape index (κ1) is 10.6. The predicted molar refractivity (Wildman–Crippen MR) is 52.3 cm³/mol. The third-order valence-electron chi connectivity index (χ3n) is 1.60. The molecule has 2 N–H and O–H groups in total. The molecule has 1 aromatic heterocycles. The number of carbonyl (C=O) groups is 1. The minimum Gasteiger partial charge on any atom is -0.480 e. The molecule has 0 aliphatic rings. The Bertz CT molecular complexity index is 368. The minimum atomic E-state index is -1.13. The van der Waals surface area contributed by atoms with Gasteiger partial charge >= 0.3 is 5.97 Å². The van der Waals surface area contributed by atoms with Crippen molar-refractivity contribution in [3.63, 3.8) is 0 Å². The zero-order valence-corrected chi connectivity index (χ0v) is 8.42. The highest BCUT2D eigenvalue weighted by Gasteiger charge is 2.15. The van der Waals surface area contributed by atoms with Gasteiger partial charge in [0.1, 0.15) is 11.4 Å². The Labute approximate surface area is 85.7 Å². The van der Waals surface area contributed by atoms with Gasteiger partial charge in [-0.25, -0.2) is 4.79 Å². The topological polar surface area (TPSA) is 71.5 Å². The van der Waals surface area contributed by atoms with Crippen molar-refractivity contribution in [1.29, 1.82) is 0 Å². The first-order valence-corrected chi connectivity index (χ1v) is 4.13. The third-order valence-corrected chi connectivity index (χ3v) is 1.89. The highest BCUT2D eigenvalue weighted by atomic mass is 35.5. The fourth-order valence-corrected chi connectivity index (χ4v) is 1.20. The van der Waals surface area contributed by atoms with Crippen molar-refractivity contribution in [3.8, 4) is 5.88 Å². The van der Waals surface area contributed by atoms with E-state index in [1.807, 2.05) is 0 Å². The Morgan fingerprint density at radius 1 is 1.71 bits per heavy atom. The predicted octanol–water partition coefficient (Wildman–Crippen LogP) is 1.48. The lowest BCUT2D eigenvalue weighted by Crippen LogP contribution is -2.05. The number of anilines is 1. The van der Waals surface area contributed by atoms with Gasteiger partial charge in [0, 0.05) is 7.05 Å². The molecule has 0 fully saturated rings. The summed E-state index contributed by atoms with van der Waals surface area (Å²) in [5.74, 6) is -0.710. The summed E-state index contributed by atoms with van der Waals surface area (Å²) in [6.45, 7) is 0. The van der Waals surface area contributed by atoms with Gasteiger partial charge in [0.2, 0.25) is 5.88 Å². The summed E-state index contributed by atoms with van der Waals surface area (Å²) in [4.78, 5) is 14.6. The van der Waals surface area contributed by atoms with Gasteiger partial charge in [-0.3, -0.25) is 0 Å². The first-order chi connectivity index (χ1) is 6.60. The van der Waals surface area contributed by atoms with Crippen LogP contribution < -0.4 is 10.1 Å². The maximum absolute atomic E-state index is 10.7. The van der Waals surface area contributed by atoms with Gasteiger partial charge in [0.25, 0.3) is 0 Å². The average Bonchev–Trinajstić information content (AvgIpc) is 2.17. The highest BCUT2D eigenvalue weighted by Crippen LogP contribution is 2.26. The number of carboxylic acid groups (broad SMARTS) is 1. The van der Waals surface area contributed by atoms with Gasteiger partial charge in [-0.15, -0.1) is 0 Å². The normalized spacial score (nSPS) is 9.64. The molecule has 0 aliphatic carbocycles. The van der Waals surface area contributed by atoms with E-state index in [-0.39, 0.29) is 16.5 Å². The number of nitrogens with zero attached hydrogens (tertiary/aromatic N) is 1. The lowest BCUT2D eigenvalue weighted by atomic mass is 10.2. The lowest BCUT2D eigenvalue weighted by molar-refractivity contribution is 0.0692. The molecule has 0 atom stereocenters. The molecule has 6 heteroatoms. The Morgan fingerprint density at radius 3 is 2.79 bits per heavy atom. The van der Waals surface area contributed by atoms with E-state index in [4.69, 9.17) is 21.4 Å². The second-order valence-electron chi connectivity index (χ2n) is 2.43. The smallest absolute Gasteiger partial charge is 0.341 e. The summed E-state index contributed by atoms with van der Waals surface area (Å²) in [5, 5.41) is 11.7. The van der Waals surface area contributed by atoms with Crippen molar-refractivity contribution >= 4 is 23.4 Å². The minimum absolute atomic E-state index is 0.0336. The Balaban J connectivity index is 3.31. The Kier molecular flexibility index (Phi) is 3.14. The second kappa shape index (κ2) is 4.15. The number of hydrogen-bond acceptors (Lipinski definition) is 4. The second-order valence-corrected chi connectivity index (χ2v) is 2.84. The molecule has 0 saturated heterocycles. The van der Waals surface area contributed by atoms with Crippen LogP contribution in [0.1, 0.15) is 10.4 Å². The molecule has 0 aromatic carbocycles. The van der Waals surface area contributed by atoms with Crippen LogP contribution in [0.4, 0.5) is 5.82 Å². The van der Waals surface area contributed by atoms with E-state index in [1.165, 1.54) is 13.2 Å². The number of aromatic nitrogens is 1. The standard InChI is InChI=1S/C8H9ClN2O3/c1-10-6-5(9)3-4(8(12)13)7(11-6)14-2/h3H,1-2H3,(H,10,11)(H,12,13). The molecule has 76 valence electrons. The molecule has 0 amide bonds. The Hall–Kier alpha value is -1.49. The van der Waals surface area contributed by atoms with Crippen LogP contribution in [0.3, 0.4) is 0 Å². The van der Waals surface area contributed by atoms with Crippen molar-refractivity contribution in [2.45, 2.75) is 0 Å². The number of hydrogen-bond donors (Lipinski definition) is 2. The number of pyridine rings is 1. The molecule has 1 aromatic rings. The number of carboxylic acids is 1. The molecule has 0 bridgehead atoms. The van der Waals surface area contributed by atoms with E-state index in [0.717, 1.165) is 0 Å². The van der Waals surface area contributed by atoms with E-state index in [2.05, 4.69) is 10.3 Å². The summed E-state index contributed by atoms with van der Waals surface area (Å²) >= 11 is 5.76. The van der Waals surface area contributed by atoms with Crippen LogP contribution in [0.2, 0.25) is 5.02 Å². The van der Waals surface area contributed by atoms with Crippen molar-refractivity contribution in [2.75, 3.05) is 19.5 Å². The van der Waals surface area contributed by atoms with E-state index in [0.29, 0.717) is 5.82 Å². The fourth-order valence-electron chi connectivity index (χ4n) is 0.956. The number of halogens is 1. The molecular weight excluding hydrogens is 208 g/mol. The highest BCUT2D eigenvalue weighted by molar-refractivity contribution is 6.33. The number of rotatable bonds is 3. The molecule has 5 nitrogen and oxygen atoms in total. The van der Waals surface area contributed by atoms with E-state index >= 15 is 0 Å². The van der Waals surface area contributed by atoms with Gasteiger partial charge in [0.05, 0.1) is 12.1 Å². The number of nitrogens with one attached hydrogen (secondary N) is 1. The largest absolute Gasteiger partial charge is 0.480 e. The van der Waals surface area contributed by atoms with Crippen LogP contribution in [-0.2, 0) is 0 Å². The number of ether oxygens (including phenoxy) is 1. The van der Waals surface area contributed by atoms with Gasteiger partial charge < -0.3 is 15.2 Å².